The van der Waals surface area contributed by atoms with E-state index in [0.717, 1.165) is 16.9 Å². The topological polar surface area (TPSA) is 29.5 Å². The third kappa shape index (κ3) is 2.03. The second-order valence-electron chi connectivity index (χ2n) is 4.38. The molecule has 3 nitrogen and oxygen atoms in total. The molecule has 0 unspecified atom stereocenters. The highest BCUT2D eigenvalue weighted by molar-refractivity contribution is 5.74. The van der Waals surface area contributed by atoms with E-state index in [9.17, 15) is 4.79 Å². The number of hydrogen-bond donors (Lipinski definition) is 0. The number of benzene rings is 1. The van der Waals surface area contributed by atoms with Crippen molar-refractivity contribution in [3.63, 3.8) is 0 Å². The number of nitrogens with zero attached hydrogens (tertiary/aromatic N) is 1. The lowest BCUT2D eigenvalue weighted by molar-refractivity contribution is -0.137. The lowest BCUT2D eigenvalue weighted by Crippen LogP contribution is -2.55. The number of rotatable bonds is 2. The first kappa shape index (κ1) is 11.0. The van der Waals surface area contributed by atoms with Crippen LogP contribution >= 0.6 is 0 Å². The molecule has 0 bridgehead atoms. The average molecular weight is 219 g/mol. The average Bonchev–Trinajstić information content (AvgIpc) is 2.13. The van der Waals surface area contributed by atoms with Gasteiger partial charge in [-0.15, -0.1) is 0 Å². The molecule has 0 atom stereocenters. The highest BCUT2D eigenvalue weighted by Crippen LogP contribution is 2.25. The summed E-state index contributed by atoms with van der Waals surface area (Å²) in [4.78, 5) is 12.8. The maximum atomic E-state index is 11.0. The molecule has 1 aliphatic heterocycles. The summed E-state index contributed by atoms with van der Waals surface area (Å²) in [5.41, 5.74) is 2.31. The van der Waals surface area contributed by atoms with Gasteiger partial charge in [-0.1, -0.05) is 18.2 Å². The molecule has 1 saturated heterocycles. The smallest absolute Gasteiger partial charge is 0.219 e. The number of hydrogen-bond acceptors (Lipinski definition) is 2. The first-order valence-electron chi connectivity index (χ1n) is 5.56. The van der Waals surface area contributed by atoms with Gasteiger partial charge >= 0.3 is 0 Å². The van der Waals surface area contributed by atoms with E-state index in [4.69, 9.17) is 4.74 Å². The van der Waals surface area contributed by atoms with Crippen molar-refractivity contribution in [1.29, 1.82) is 0 Å². The minimum Gasteiger partial charge on any atom is -0.486 e. The minimum atomic E-state index is 0.126. The second-order valence-corrected chi connectivity index (χ2v) is 4.38. The van der Waals surface area contributed by atoms with Gasteiger partial charge in [-0.3, -0.25) is 4.79 Å². The molecule has 2 rings (SSSR count). The summed E-state index contributed by atoms with van der Waals surface area (Å²) in [5, 5.41) is 0. The molecule has 0 spiro atoms. The van der Waals surface area contributed by atoms with E-state index in [0.29, 0.717) is 13.1 Å². The summed E-state index contributed by atoms with van der Waals surface area (Å²) in [6, 6.07) is 6.12. The monoisotopic (exact) mass is 219 g/mol. The van der Waals surface area contributed by atoms with Crippen LogP contribution in [0.5, 0.6) is 5.75 Å². The van der Waals surface area contributed by atoms with E-state index >= 15 is 0 Å². The van der Waals surface area contributed by atoms with E-state index in [-0.39, 0.29) is 12.0 Å². The van der Waals surface area contributed by atoms with Crippen LogP contribution in [0.4, 0.5) is 0 Å². The van der Waals surface area contributed by atoms with E-state index in [1.54, 1.807) is 11.8 Å². The number of likely N-dealkylation sites (tertiary alicyclic amines) is 1. The second kappa shape index (κ2) is 4.16. The van der Waals surface area contributed by atoms with Crippen LogP contribution in [0.15, 0.2) is 18.2 Å². The van der Waals surface area contributed by atoms with Crippen molar-refractivity contribution in [3.05, 3.63) is 29.3 Å². The Morgan fingerprint density at radius 2 is 1.88 bits per heavy atom. The Morgan fingerprint density at radius 1 is 1.31 bits per heavy atom. The zero-order valence-corrected chi connectivity index (χ0v) is 9.99. The first-order valence-corrected chi connectivity index (χ1v) is 5.56. The summed E-state index contributed by atoms with van der Waals surface area (Å²) in [5.74, 6) is 1.09. The quantitative estimate of drug-likeness (QED) is 0.760. The van der Waals surface area contributed by atoms with Crippen LogP contribution in [0.25, 0.3) is 0 Å². The fraction of sp³-hybridized carbons (Fsp3) is 0.462. The summed E-state index contributed by atoms with van der Waals surface area (Å²) in [6.07, 6.45) is 0.156. The number of carbonyl (C=O) groups excluding carboxylic acids is 1. The largest absolute Gasteiger partial charge is 0.486 e. The Kier molecular flexibility index (Phi) is 2.86. The molecule has 1 aliphatic rings. The number of aryl methyl sites for hydroxylation is 2. The molecule has 0 N–H and O–H groups in total. The van der Waals surface area contributed by atoms with Crippen molar-refractivity contribution in [2.24, 2.45) is 0 Å². The van der Waals surface area contributed by atoms with Gasteiger partial charge in [0.05, 0.1) is 13.1 Å². The van der Waals surface area contributed by atoms with Gasteiger partial charge in [-0.05, 0) is 25.0 Å². The third-order valence-corrected chi connectivity index (χ3v) is 2.99. The van der Waals surface area contributed by atoms with E-state index in [1.165, 1.54) is 0 Å². The Morgan fingerprint density at radius 3 is 2.38 bits per heavy atom. The Hall–Kier alpha value is -1.51. The Balaban J connectivity index is 1.99. The zero-order chi connectivity index (χ0) is 11.7. The fourth-order valence-electron chi connectivity index (χ4n) is 1.92. The summed E-state index contributed by atoms with van der Waals surface area (Å²) < 4.78 is 5.90. The van der Waals surface area contributed by atoms with Crippen LogP contribution < -0.4 is 4.74 Å². The van der Waals surface area contributed by atoms with Crippen LogP contribution in [0.1, 0.15) is 18.1 Å². The zero-order valence-electron chi connectivity index (χ0n) is 9.99. The van der Waals surface area contributed by atoms with Crippen LogP contribution in [0.2, 0.25) is 0 Å². The van der Waals surface area contributed by atoms with Gasteiger partial charge in [0.25, 0.3) is 0 Å². The molecule has 0 aliphatic carbocycles. The van der Waals surface area contributed by atoms with Gasteiger partial charge in [-0.2, -0.15) is 0 Å². The Labute approximate surface area is 96.0 Å². The normalized spacial score (nSPS) is 15.8. The van der Waals surface area contributed by atoms with Crippen LogP contribution in [0.3, 0.4) is 0 Å². The minimum absolute atomic E-state index is 0.126. The Bertz CT molecular complexity index is 388. The van der Waals surface area contributed by atoms with Crippen molar-refractivity contribution in [2.45, 2.75) is 26.9 Å². The van der Waals surface area contributed by atoms with Crippen LogP contribution in [-0.4, -0.2) is 30.0 Å². The molecule has 3 heteroatoms. The number of para-hydroxylation sites is 1. The van der Waals surface area contributed by atoms with Gasteiger partial charge < -0.3 is 9.64 Å². The van der Waals surface area contributed by atoms with Crippen molar-refractivity contribution in [2.75, 3.05) is 13.1 Å². The standard InChI is InChI=1S/C13H17NO2/c1-9-5-4-6-10(2)13(9)16-12-7-14(8-12)11(3)15/h4-6,12H,7-8H2,1-3H3. The summed E-state index contributed by atoms with van der Waals surface area (Å²) in [6.45, 7) is 7.11. The van der Waals surface area contributed by atoms with Crippen molar-refractivity contribution in [1.82, 2.24) is 4.90 Å². The summed E-state index contributed by atoms with van der Waals surface area (Å²) in [7, 11) is 0. The van der Waals surface area contributed by atoms with Gasteiger partial charge in [0, 0.05) is 6.92 Å². The summed E-state index contributed by atoms with van der Waals surface area (Å²) >= 11 is 0. The molecule has 1 aromatic carbocycles. The maximum absolute atomic E-state index is 11.0. The molecule has 86 valence electrons. The molecule has 0 aromatic heterocycles. The van der Waals surface area contributed by atoms with Crippen LogP contribution in [-0.2, 0) is 4.79 Å². The van der Waals surface area contributed by atoms with Gasteiger partial charge in [0.15, 0.2) is 0 Å². The van der Waals surface area contributed by atoms with Crippen molar-refractivity contribution in [3.8, 4) is 5.75 Å². The highest BCUT2D eigenvalue weighted by Gasteiger charge is 2.30. The molecule has 0 saturated carbocycles. The number of amides is 1. The number of ether oxygens (including phenoxy) is 1. The van der Waals surface area contributed by atoms with Crippen molar-refractivity contribution >= 4 is 5.91 Å². The molecule has 0 radical (unpaired) electrons. The maximum Gasteiger partial charge on any atom is 0.219 e. The van der Waals surface area contributed by atoms with E-state index in [1.807, 2.05) is 32.0 Å². The highest BCUT2D eigenvalue weighted by atomic mass is 16.5. The van der Waals surface area contributed by atoms with Crippen molar-refractivity contribution < 1.29 is 9.53 Å². The molecule has 16 heavy (non-hydrogen) atoms. The SMILES string of the molecule is CC(=O)N1CC(Oc2c(C)cccc2C)C1. The number of carbonyl (C=O) groups is 1. The molecule has 1 amide bonds. The molecule has 1 fully saturated rings. The first-order chi connectivity index (χ1) is 7.58. The lowest BCUT2D eigenvalue weighted by Gasteiger charge is -2.38. The molecular formula is C13H17NO2. The predicted octanol–water partition coefficient (Wildman–Crippen LogP) is 1.91. The van der Waals surface area contributed by atoms with Gasteiger partial charge in [0.1, 0.15) is 11.9 Å². The molecule has 1 aromatic rings. The van der Waals surface area contributed by atoms with Gasteiger partial charge in [-0.25, -0.2) is 0 Å². The predicted molar refractivity (Wildman–Crippen MR) is 62.6 cm³/mol. The van der Waals surface area contributed by atoms with Crippen LogP contribution in [0, 0.1) is 13.8 Å². The fourth-order valence-corrected chi connectivity index (χ4v) is 1.92. The third-order valence-electron chi connectivity index (χ3n) is 2.99. The molecule has 1 heterocycles. The molecular weight excluding hydrogens is 202 g/mol. The van der Waals surface area contributed by atoms with Gasteiger partial charge in [0.2, 0.25) is 5.91 Å². The van der Waals surface area contributed by atoms with E-state index in [2.05, 4.69) is 0 Å². The lowest BCUT2D eigenvalue weighted by atomic mass is 10.1. The van der Waals surface area contributed by atoms with E-state index < -0.39 is 0 Å².